The molecule has 0 fully saturated rings. The van der Waals surface area contributed by atoms with Crippen molar-refractivity contribution >= 4 is 11.8 Å². The fourth-order valence-corrected chi connectivity index (χ4v) is 1.38. The second-order valence-electron chi connectivity index (χ2n) is 3.82. The number of carbonyl (C=O) groups is 2. The summed E-state index contributed by atoms with van der Waals surface area (Å²) in [6.45, 7) is 5.05. The van der Waals surface area contributed by atoms with Crippen molar-refractivity contribution in [3.8, 4) is 0 Å². The van der Waals surface area contributed by atoms with E-state index in [-0.39, 0.29) is 11.7 Å². The molecule has 0 aromatic carbocycles. The molecule has 0 aliphatic carbocycles. The van der Waals surface area contributed by atoms with Crippen molar-refractivity contribution in [2.75, 3.05) is 0 Å². The van der Waals surface area contributed by atoms with Gasteiger partial charge in [0.25, 0.3) is 0 Å². The van der Waals surface area contributed by atoms with Gasteiger partial charge in [0, 0.05) is 5.92 Å². The lowest BCUT2D eigenvalue weighted by atomic mass is 9.83. The van der Waals surface area contributed by atoms with Crippen LogP contribution in [0.5, 0.6) is 0 Å². The molecule has 0 spiro atoms. The number of Topliss-reactive ketones (excluding diaryl/α,β-unsaturated/α-hetero) is 1. The van der Waals surface area contributed by atoms with E-state index < -0.39 is 24.0 Å². The summed E-state index contributed by atoms with van der Waals surface area (Å²) in [5, 5.41) is 8.71. The Bertz CT molecular complexity index is 226. The Morgan fingerprint density at radius 3 is 1.79 bits per heavy atom. The number of nitrogens with two attached hydrogens (primary N) is 2. The lowest BCUT2D eigenvalue weighted by Gasteiger charge is -2.24. The predicted molar refractivity (Wildman–Crippen MR) is 52.6 cm³/mol. The van der Waals surface area contributed by atoms with E-state index in [0.717, 1.165) is 0 Å². The van der Waals surface area contributed by atoms with Crippen LogP contribution in [0.15, 0.2) is 0 Å². The molecule has 0 amide bonds. The average molecular weight is 202 g/mol. The number of carboxylic acid groups (broad SMARTS) is 1. The molecule has 5 heteroatoms. The van der Waals surface area contributed by atoms with Crippen LogP contribution in [-0.4, -0.2) is 28.9 Å². The van der Waals surface area contributed by atoms with Crippen LogP contribution in [-0.2, 0) is 9.59 Å². The van der Waals surface area contributed by atoms with Crippen LogP contribution in [0.1, 0.15) is 20.8 Å². The summed E-state index contributed by atoms with van der Waals surface area (Å²) in [6, 6.07) is -1.85. The van der Waals surface area contributed by atoms with Crippen molar-refractivity contribution in [1.82, 2.24) is 0 Å². The zero-order valence-electron chi connectivity index (χ0n) is 8.73. The van der Waals surface area contributed by atoms with E-state index in [0.29, 0.717) is 0 Å². The molecule has 82 valence electrons. The molecule has 5 nitrogen and oxygen atoms in total. The first-order valence-electron chi connectivity index (χ1n) is 4.56. The van der Waals surface area contributed by atoms with Crippen LogP contribution < -0.4 is 11.5 Å². The SMILES string of the molecule is CC(C)[C@@H](C(=O)[C@H](C)N)[C@H](N)C(=O)O. The van der Waals surface area contributed by atoms with Crippen LogP contribution in [0.3, 0.4) is 0 Å². The van der Waals surface area contributed by atoms with E-state index >= 15 is 0 Å². The van der Waals surface area contributed by atoms with Crippen LogP contribution in [0, 0.1) is 11.8 Å². The van der Waals surface area contributed by atoms with Crippen LogP contribution >= 0.6 is 0 Å². The molecule has 0 aromatic heterocycles. The number of ketones is 1. The first-order chi connectivity index (χ1) is 6.29. The van der Waals surface area contributed by atoms with E-state index in [9.17, 15) is 9.59 Å². The number of carbonyl (C=O) groups excluding carboxylic acids is 1. The Morgan fingerprint density at radius 1 is 1.14 bits per heavy atom. The van der Waals surface area contributed by atoms with Crippen LogP contribution in [0.2, 0.25) is 0 Å². The lowest BCUT2D eigenvalue weighted by molar-refractivity contribution is -0.143. The molecular formula is C9H18N2O3. The molecule has 0 aliphatic heterocycles. The maximum Gasteiger partial charge on any atom is 0.321 e. The highest BCUT2D eigenvalue weighted by Gasteiger charge is 2.34. The molecule has 0 heterocycles. The molecule has 0 saturated heterocycles. The van der Waals surface area contributed by atoms with Crippen molar-refractivity contribution in [2.45, 2.75) is 32.9 Å². The molecule has 0 aliphatic rings. The topological polar surface area (TPSA) is 106 Å². The smallest absolute Gasteiger partial charge is 0.321 e. The van der Waals surface area contributed by atoms with E-state index in [1.54, 1.807) is 13.8 Å². The second kappa shape index (κ2) is 5.07. The molecule has 0 bridgehead atoms. The summed E-state index contributed by atoms with van der Waals surface area (Å²) in [5.41, 5.74) is 10.8. The van der Waals surface area contributed by atoms with Gasteiger partial charge in [0.15, 0.2) is 5.78 Å². The van der Waals surface area contributed by atoms with Gasteiger partial charge in [0.05, 0.1) is 6.04 Å². The summed E-state index contributed by atoms with van der Waals surface area (Å²) in [4.78, 5) is 22.2. The van der Waals surface area contributed by atoms with Gasteiger partial charge in [0.1, 0.15) is 6.04 Å². The predicted octanol–water partition coefficient (Wildman–Crippen LogP) is -0.413. The van der Waals surface area contributed by atoms with Gasteiger partial charge in [-0.1, -0.05) is 13.8 Å². The molecular weight excluding hydrogens is 184 g/mol. The standard InChI is InChI=1S/C9H18N2O3/c1-4(2)6(7(11)9(13)14)8(12)5(3)10/h4-7H,10-11H2,1-3H3,(H,13,14)/t5-,6+,7-/m0/s1. The molecule has 0 saturated carbocycles. The van der Waals surface area contributed by atoms with Crippen molar-refractivity contribution < 1.29 is 14.7 Å². The summed E-state index contributed by atoms with van der Waals surface area (Å²) in [5.74, 6) is -2.31. The molecule has 0 rings (SSSR count). The van der Waals surface area contributed by atoms with Crippen molar-refractivity contribution in [1.29, 1.82) is 0 Å². The monoisotopic (exact) mass is 202 g/mol. The minimum absolute atomic E-state index is 0.125. The molecule has 14 heavy (non-hydrogen) atoms. The minimum atomic E-state index is -1.17. The maximum atomic E-state index is 11.6. The largest absolute Gasteiger partial charge is 0.480 e. The van der Waals surface area contributed by atoms with E-state index in [2.05, 4.69) is 0 Å². The highest BCUT2D eigenvalue weighted by Crippen LogP contribution is 2.17. The number of rotatable bonds is 5. The third kappa shape index (κ3) is 3.08. The van der Waals surface area contributed by atoms with Crippen molar-refractivity contribution in [3.63, 3.8) is 0 Å². The number of carboxylic acids is 1. The third-order valence-corrected chi connectivity index (χ3v) is 2.17. The Labute approximate surface area is 83.5 Å². The van der Waals surface area contributed by atoms with E-state index in [1.165, 1.54) is 6.92 Å². The zero-order chi connectivity index (χ0) is 11.5. The normalized spacial score (nSPS) is 17.6. The minimum Gasteiger partial charge on any atom is -0.480 e. The average Bonchev–Trinajstić information content (AvgIpc) is 2.03. The molecule has 3 atom stereocenters. The molecule has 0 radical (unpaired) electrons. The lowest BCUT2D eigenvalue weighted by Crippen LogP contribution is -2.48. The van der Waals surface area contributed by atoms with Gasteiger partial charge in [-0.3, -0.25) is 9.59 Å². The fourth-order valence-electron chi connectivity index (χ4n) is 1.38. The molecule has 0 aromatic rings. The molecule has 5 N–H and O–H groups in total. The van der Waals surface area contributed by atoms with Crippen LogP contribution in [0.4, 0.5) is 0 Å². The van der Waals surface area contributed by atoms with Gasteiger partial charge >= 0.3 is 5.97 Å². The van der Waals surface area contributed by atoms with Crippen molar-refractivity contribution in [3.05, 3.63) is 0 Å². The number of aliphatic carboxylic acids is 1. The number of hydrogen-bond donors (Lipinski definition) is 3. The summed E-state index contributed by atoms with van der Waals surface area (Å²) < 4.78 is 0. The van der Waals surface area contributed by atoms with Gasteiger partial charge in [-0.15, -0.1) is 0 Å². The summed E-state index contributed by atoms with van der Waals surface area (Å²) >= 11 is 0. The Kier molecular flexibility index (Phi) is 4.73. The first-order valence-corrected chi connectivity index (χ1v) is 4.56. The number of hydrogen-bond acceptors (Lipinski definition) is 4. The molecule has 0 unspecified atom stereocenters. The first kappa shape index (κ1) is 13.1. The quantitative estimate of drug-likeness (QED) is 0.561. The van der Waals surface area contributed by atoms with Gasteiger partial charge in [-0.2, -0.15) is 0 Å². The van der Waals surface area contributed by atoms with Crippen molar-refractivity contribution in [2.24, 2.45) is 23.3 Å². The Balaban J connectivity index is 4.77. The van der Waals surface area contributed by atoms with Gasteiger partial charge in [0.2, 0.25) is 0 Å². The van der Waals surface area contributed by atoms with Gasteiger partial charge < -0.3 is 16.6 Å². The highest BCUT2D eigenvalue weighted by molar-refractivity contribution is 5.91. The second-order valence-corrected chi connectivity index (χ2v) is 3.82. The fraction of sp³-hybridized carbons (Fsp3) is 0.778. The highest BCUT2D eigenvalue weighted by atomic mass is 16.4. The van der Waals surface area contributed by atoms with E-state index in [4.69, 9.17) is 16.6 Å². The van der Waals surface area contributed by atoms with Gasteiger partial charge in [-0.25, -0.2) is 0 Å². The Hall–Kier alpha value is -0.940. The maximum absolute atomic E-state index is 11.6. The van der Waals surface area contributed by atoms with Gasteiger partial charge in [-0.05, 0) is 12.8 Å². The third-order valence-electron chi connectivity index (χ3n) is 2.17. The summed E-state index contributed by atoms with van der Waals surface area (Å²) in [6.07, 6.45) is 0. The zero-order valence-corrected chi connectivity index (χ0v) is 8.73. The van der Waals surface area contributed by atoms with E-state index in [1.807, 2.05) is 0 Å². The Morgan fingerprint density at radius 2 is 1.57 bits per heavy atom. The summed E-state index contributed by atoms with van der Waals surface area (Å²) in [7, 11) is 0. The van der Waals surface area contributed by atoms with Crippen LogP contribution in [0.25, 0.3) is 0 Å².